The van der Waals surface area contributed by atoms with Crippen LogP contribution in [0.3, 0.4) is 0 Å². The van der Waals surface area contributed by atoms with Crippen molar-refractivity contribution in [1.29, 1.82) is 0 Å². The highest BCUT2D eigenvalue weighted by molar-refractivity contribution is 6.35. The Morgan fingerprint density at radius 3 is 2.16 bits per heavy atom. The van der Waals surface area contributed by atoms with Gasteiger partial charge in [0.25, 0.3) is 11.8 Å². The van der Waals surface area contributed by atoms with Crippen molar-refractivity contribution in [1.82, 2.24) is 9.80 Å². The summed E-state index contributed by atoms with van der Waals surface area (Å²) in [7, 11) is 0. The quantitative estimate of drug-likeness (QED) is 0.625. The number of carbonyl (C=O) groups excluding carboxylic acids is 2. The van der Waals surface area contributed by atoms with Crippen LogP contribution in [0.4, 0.5) is 0 Å². The highest BCUT2D eigenvalue weighted by Gasteiger charge is 2.42. The van der Waals surface area contributed by atoms with E-state index in [2.05, 4.69) is 18.7 Å². The van der Waals surface area contributed by atoms with Crippen molar-refractivity contribution in [3.05, 3.63) is 70.9 Å². The molecule has 0 saturated carbocycles. The molecule has 5 heteroatoms. The summed E-state index contributed by atoms with van der Waals surface area (Å²) in [6.45, 7) is 8.78. The molecule has 2 aliphatic rings. The van der Waals surface area contributed by atoms with Gasteiger partial charge >= 0.3 is 0 Å². The van der Waals surface area contributed by atoms with Gasteiger partial charge in [0, 0.05) is 13.1 Å². The number of hydrogen-bond donors (Lipinski definition) is 0. The molecular weight excluding hydrogens is 388 g/mol. The zero-order valence-corrected chi connectivity index (χ0v) is 18.6. The monoisotopic (exact) mass is 418 g/mol. The van der Waals surface area contributed by atoms with Gasteiger partial charge < -0.3 is 9.64 Å². The van der Waals surface area contributed by atoms with E-state index >= 15 is 0 Å². The lowest BCUT2D eigenvalue weighted by Crippen LogP contribution is -2.34. The summed E-state index contributed by atoms with van der Waals surface area (Å²) < 4.78 is 5.78. The standard InChI is InChI=1S/C26H30N2O3/c1-18(2)17-31-22-12-10-21(11-13-22)23-24(27-14-4-5-15-27)26(30)28(25(23)29)16-20-8-6-19(3)7-9-20/h6-13,18H,4-5,14-17H2,1-3H3. The van der Waals surface area contributed by atoms with Crippen molar-refractivity contribution in [3.8, 4) is 5.75 Å². The predicted octanol–water partition coefficient (Wildman–Crippen LogP) is 4.41. The van der Waals surface area contributed by atoms with Gasteiger partial charge in [-0.15, -0.1) is 0 Å². The Bertz CT molecular complexity index is 984. The summed E-state index contributed by atoms with van der Waals surface area (Å²) in [6.07, 6.45) is 2.08. The molecule has 0 bridgehead atoms. The zero-order valence-electron chi connectivity index (χ0n) is 18.6. The van der Waals surface area contributed by atoms with Crippen LogP contribution in [0, 0.1) is 12.8 Å². The van der Waals surface area contributed by atoms with Crippen molar-refractivity contribution >= 4 is 17.4 Å². The van der Waals surface area contributed by atoms with Gasteiger partial charge in [0.2, 0.25) is 0 Å². The molecule has 2 aromatic rings. The van der Waals surface area contributed by atoms with Gasteiger partial charge in [0.05, 0.1) is 18.7 Å². The van der Waals surface area contributed by atoms with E-state index in [0.717, 1.165) is 48.4 Å². The Balaban J connectivity index is 1.64. The Labute approximate surface area is 184 Å². The molecule has 0 aromatic heterocycles. The van der Waals surface area contributed by atoms with Gasteiger partial charge in [-0.25, -0.2) is 0 Å². The lowest BCUT2D eigenvalue weighted by Gasteiger charge is -2.20. The molecule has 2 heterocycles. The highest BCUT2D eigenvalue weighted by Crippen LogP contribution is 2.34. The highest BCUT2D eigenvalue weighted by atomic mass is 16.5. The Hall–Kier alpha value is -3.08. The van der Waals surface area contributed by atoms with Gasteiger partial charge in [-0.2, -0.15) is 0 Å². The molecule has 0 atom stereocenters. The molecule has 1 fully saturated rings. The lowest BCUT2D eigenvalue weighted by molar-refractivity contribution is -0.138. The summed E-state index contributed by atoms with van der Waals surface area (Å²) in [6, 6.07) is 15.5. The zero-order chi connectivity index (χ0) is 22.0. The van der Waals surface area contributed by atoms with Gasteiger partial charge in [-0.3, -0.25) is 14.5 Å². The average molecular weight is 419 g/mol. The van der Waals surface area contributed by atoms with E-state index < -0.39 is 0 Å². The number of imide groups is 1. The topological polar surface area (TPSA) is 49.9 Å². The fourth-order valence-corrected chi connectivity index (χ4v) is 4.06. The molecule has 2 aromatic carbocycles. The van der Waals surface area contributed by atoms with E-state index in [-0.39, 0.29) is 18.4 Å². The molecule has 0 spiro atoms. The number of ether oxygens (including phenoxy) is 1. The predicted molar refractivity (Wildman–Crippen MR) is 121 cm³/mol. The molecular formula is C26H30N2O3. The number of rotatable bonds is 7. The summed E-state index contributed by atoms with van der Waals surface area (Å²) >= 11 is 0. The normalized spacial score (nSPS) is 16.8. The summed E-state index contributed by atoms with van der Waals surface area (Å²) in [5.74, 6) is 0.800. The third-order valence-electron chi connectivity index (χ3n) is 5.75. The number of likely N-dealkylation sites (tertiary alicyclic amines) is 1. The van der Waals surface area contributed by atoms with E-state index in [1.165, 1.54) is 4.90 Å². The first-order chi connectivity index (χ1) is 14.9. The van der Waals surface area contributed by atoms with Gasteiger partial charge in [0.15, 0.2) is 0 Å². The second kappa shape index (κ2) is 8.96. The minimum atomic E-state index is -0.219. The first kappa shape index (κ1) is 21.2. The van der Waals surface area contributed by atoms with E-state index in [1.54, 1.807) is 0 Å². The van der Waals surface area contributed by atoms with Crippen molar-refractivity contribution in [2.75, 3.05) is 19.7 Å². The van der Waals surface area contributed by atoms with E-state index in [4.69, 9.17) is 4.74 Å². The van der Waals surface area contributed by atoms with E-state index in [1.807, 2.05) is 55.5 Å². The molecule has 4 rings (SSSR count). The van der Waals surface area contributed by atoms with Crippen LogP contribution in [-0.2, 0) is 16.1 Å². The van der Waals surface area contributed by atoms with Crippen molar-refractivity contribution in [2.24, 2.45) is 5.92 Å². The second-order valence-corrected chi connectivity index (χ2v) is 8.83. The van der Waals surface area contributed by atoms with Crippen molar-refractivity contribution in [2.45, 2.75) is 40.2 Å². The molecule has 5 nitrogen and oxygen atoms in total. The maximum absolute atomic E-state index is 13.4. The summed E-state index contributed by atoms with van der Waals surface area (Å²) in [5, 5.41) is 0. The molecule has 0 N–H and O–H groups in total. The Morgan fingerprint density at radius 2 is 1.55 bits per heavy atom. The van der Waals surface area contributed by atoms with Crippen LogP contribution in [0.15, 0.2) is 54.2 Å². The maximum Gasteiger partial charge on any atom is 0.278 e. The molecule has 0 unspecified atom stereocenters. The number of benzene rings is 2. The fourth-order valence-electron chi connectivity index (χ4n) is 4.06. The molecule has 2 aliphatic heterocycles. The Kier molecular flexibility index (Phi) is 6.12. The molecule has 31 heavy (non-hydrogen) atoms. The Morgan fingerprint density at radius 1 is 0.903 bits per heavy atom. The van der Waals surface area contributed by atoms with Crippen LogP contribution in [0.2, 0.25) is 0 Å². The smallest absolute Gasteiger partial charge is 0.278 e. The molecule has 2 amide bonds. The van der Waals surface area contributed by atoms with Crippen molar-refractivity contribution in [3.63, 3.8) is 0 Å². The largest absolute Gasteiger partial charge is 0.493 e. The van der Waals surface area contributed by atoms with Gasteiger partial charge in [0.1, 0.15) is 11.4 Å². The van der Waals surface area contributed by atoms with E-state index in [9.17, 15) is 9.59 Å². The molecule has 0 aliphatic carbocycles. The van der Waals surface area contributed by atoms with Gasteiger partial charge in [-0.1, -0.05) is 55.8 Å². The van der Waals surface area contributed by atoms with Crippen LogP contribution >= 0.6 is 0 Å². The number of aryl methyl sites for hydroxylation is 1. The SMILES string of the molecule is Cc1ccc(CN2C(=O)C(c3ccc(OCC(C)C)cc3)=C(N3CCCC3)C2=O)cc1. The number of carbonyl (C=O) groups is 2. The minimum absolute atomic E-state index is 0.192. The van der Waals surface area contributed by atoms with Crippen LogP contribution in [-0.4, -0.2) is 41.3 Å². The average Bonchev–Trinajstić information content (AvgIpc) is 3.36. The maximum atomic E-state index is 13.4. The summed E-state index contributed by atoms with van der Waals surface area (Å²) in [4.78, 5) is 30.3. The summed E-state index contributed by atoms with van der Waals surface area (Å²) in [5.41, 5.74) is 3.93. The minimum Gasteiger partial charge on any atom is -0.493 e. The number of nitrogens with zero attached hydrogens (tertiary/aromatic N) is 2. The first-order valence-electron chi connectivity index (χ1n) is 11.1. The van der Waals surface area contributed by atoms with E-state index in [0.29, 0.717) is 23.8 Å². The van der Waals surface area contributed by atoms with Crippen LogP contribution in [0.25, 0.3) is 5.57 Å². The van der Waals surface area contributed by atoms with Crippen molar-refractivity contribution < 1.29 is 14.3 Å². The lowest BCUT2D eigenvalue weighted by atomic mass is 10.0. The van der Waals surface area contributed by atoms with Gasteiger partial charge in [-0.05, 0) is 48.9 Å². The molecule has 1 saturated heterocycles. The fraction of sp³-hybridized carbons (Fsp3) is 0.385. The third-order valence-corrected chi connectivity index (χ3v) is 5.75. The number of hydrogen-bond acceptors (Lipinski definition) is 4. The van der Waals surface area contributed by atoms with Crippen LogP contribution in [0.1, 0.15) is 43.4 Å². The molecule has 162 valence electrons. The van der Waals surface area contributed by atoms with Crippen LogP contribution < -0.4 is 4.74 Å². The number of amides is 2. The van der Waals surface area contributed by atoms with Crippen LogP contribution in [0.5, 0.6) is 5.75 Å². The second-order valence-electron chi connectivity index (χ2n) is 8.83. The first-order valence-corrected chi connectivity index (χ1v) is 11.1. The molecule has 0 radical (unpaired) electrons. The third kappa shape index (κ3) is 4.50.